The molecule has 0 aromatic carbocycles. The van der Waals surface area contributed by atoms with Gasteiger partial charge in [-0.05, 0) is 20.3 Å². The van der Waals surface area contributed by atoms with Crippen molar-refractivity contribution in [3.63, 3.8) is 0 Å². The highest BCUT2D eigenvalue weighted by atomic mass is 35.5. The van der Waals surface area contributed by atoms with Crippen molar-refractivity contribution in [2.75, 3.05) is 11.4 Å². The lowest BCUT2D eigenvalue weighted by atomic mass is 9.96. The summed E-state index contributed by atoms with van der Waals surface area (Å²) in [6, 6.07) is 2.31. The summed E-state index contributed by atoms with van der Waals surface area (Å²) in [7, 11) is 0. The van der Waals surface area contributed by atoms with E-state index < -0.39 is 0 Å². The Morgan fingerprint density at radius 2 is 1.89 bits per heavy atom. The molecule has 0 spiro atoms. The molecule has 1 aromatic rings. The summed E-state index contributed by atoms with van der Waals surface area (Å²) < 4.78 is 0. The number of halogens is 1. The van der Waals surface area contributed by atoms with E-state index in [4.69, 9.17) is 11.6 Å². The maximum absolute atomic E-state index is 6.13. The molecule has 0 bridgehead atoms. The lowest BCUT2D eigenvalue weighted by Gasteiger charge is -2.29. The van der Waals surface area contributed by atoms with E-state index in [0.717, 1.165) is 24.6 Å². The van der Waals surface area contributed by atoms with Crippen molar-refractivity contribution in [3.8, 4) is 0 Å². The summed E-state index contributed by atoms with van der Waals surface area (Å²) in [4.78, 5) is 11.3. The maximum atomic E-state index is 6.13. The fraction of sp³-hybridized carbons (Fsp3) is 0.714. The first-order valence-corrected chi connectivity index (χ1v) is 6.99. The predicted molar refractivity (Wildman–Crippen MR) is 78.5 cm³/mol. The van der Waals surface area contributed by atoms with Crippen LogP contribution in [0.2, 0.25) is 5.15 Å². The number of nitrogens with zero attached hydrogens (tertiary/aromatic N) is 3. The van der Waals surface area contributed by atoms with E-state index in [-0.39, 0.29) is 5.41 Å². The van der Waals surface area contributed by atoms with Gasteiger partial charge >= 0.3 is 0 Å². The molecule has 3 nitrogen and oxygen atoms in total. The van der Waals surface area contributed by atoms with Crippen LogP contribution in [0.4, 0.5) is 5.82 Å². The molecule has 4 heteroatoms. The van der Waals surface area contributed by atoms with Gasteiger partial charge in [0.25, 0.3) is 0 Å². The smallest absolute Gasteiger partial charge is 0.137 e. The Morgan fingerprint density at radius 1 is 1.28 bits per heavy atom. The molecule has 1 atom stereocenters. The normalized spacial score (nSPS) is 13.5. The Kier molecular flexibility index (Phi) is 4.97. The van der Waals surface area contributed by atoms with Crippen LogP contribution in [-0.4, -0.2) is 22.6 Å². The third kappa shape index (κ3) is 3.58. The van der Waals surface area contributed by atoms with Crippen molar-refractivity contribution >= 4 is 17.4 Å². The predicted octanol–water partition coefficient (Wildman–Crippen LogP) is 4.05. The molecule has 0 radical (unpaired) electrons. The van der Waals surface area contributed by atoms with E-state index >= 15 is 0 Å². The van der Waals surface area contributed by atoms with Crippen LogP contribution in [0.15, 0.2) is 6.07 Å². The van der Waals surface area contributed by atoms with Crippen molar-refractivity contribution in [2.45, 2.75) is 59.4 Å². The number of aromatic nitrogens is 2. The molecule has 1 heterocycles. The molecule has 0 N–H and O–H groups in total. The van der Waals surface area contributed by atoms with Crippen LogP contribution in [0.5, 0.6) is 0 Å². The Labute approximate surface area is 116 Å². The molecule has 0 aliphatic rings. The SMILES string of the molecule is CCC(C)N(CC)c1cc(Cl)nc(C(C)(C)C)n1. The van der Waals surface area contributed by atoms with E-state index in [1.807, 2.05) is 6.07 Å². The number of hydrogen-bond donors (Lipinski definition) is 0. The minimum absolute atomic E-state index is 0.0888. The average molecular weight is 270 g/mol. The average Bonchev–Trinajstić information content (AvgIpc) is 2.27. The first kappa shape index (κ1) is 15.2. The maximum Gasteiger partial charge on any atom is 0.137 e. The highest BCUT2D eigenvalue weighted by Crippen LogP contribution is 2.25. The van der Waals surface area contributed by atoms with Crippen LogP contribution in [0, 0.1) is 0 Å². The summed E-state index contributed by atoms with van der Waals surface area (Å²) in [5.74, 6) is 1.73. The molecular formula is C14H24ClN3. The van der Waals surface area contributed by atoms with Crippen LogP contribution in [-0.2, 0) is 5.41 Å². The van der Waals surface area contributed by atoms with E-state index in [1.54, 1.807) is 0 Å². The molecule has 0 aliphatic heterocycles. The topological polar surface area (TPSA) is 29.0 Å². The summed E-state index contributed by atoms with van der Waals surface area (Å²) in [6.07, 6.45) is 1.08. The quantitative estimate of drug-likeness (QED) is 0.772. The zero-order chi connectivity index (χ0) is 13.9. The molecule has 0 fully saturated rings. The van der Waals surface area contributed by atoms with Crippen LogP contribution < -0.4 is 4.90 Å². The Bertz CT molecular complexity index is 399. The van der Waals surface area contributed by atoms with Crippen LogP contribution in [0.3, 0.4) is 0 Å². The highest BCUT2D eigenvalue weighted by molar-refractivity contribution is 6.29. The molecule has 102 valence electrons. The lowest BCUT2D eigenvalue weighted by Crippen LogP contribution is -2.33. The van der Waals surface area contributed by atoms with Gasteiger partial charge in [0.15, 0.2) is 0 Å². The van der Waals surface area contributed by atoms with Gasteiger partial charge in [-0.25, -0.2) is 9.97 Å². The molecule has 0 saturated heterocycles. The van der Waals surface area contributed by atoms with Crippen molar-refractivity contribution in [3.05, 3.63) is 17.0 Å². The summed E-state index contributed by atoms with van der Waals surface area (Å²) in [5, 5.41) is 0.520. The summed E-state index contributed by atoms with van der Waals surface area (Å²) in [5.41, 5.74) is -0.0888. The van der Waals surface area contributed by atoms with Gasteiger partial charge in [-0.3, -0.25) is 0 Å². The molecule has 0 saturated carbocycles. The van der Waals surface area contributed by atoms with E-state index in [9.17, 15) is 0 Å². The Balaban J connectivity index is 3.20. The van der Waals surface area contributed by atoms with Gasteiger partial charge in [0, 0.05) is 24.1 Å². The number of anilines is 1. The van der Waals surface area contributed by atoms with Gasteiger partial charge in [-0.15, -0.1) is 0 Å². The third-order valence-corrected chi connectivity index (χ3v) is 3.30. The van der Waals surface area contributed by atoms with Crippen LogP contribution in [0.1, 0.15) is 53.8 Å². The molecule has 1 rings (SSSR count). The molecule has 1 aromatic heterocycles. The van der Waals surface area contributed by atoms with Crippen molar-refractivity contribution in [2.24, 2.45) is 0 Å². The fourth-order valence-electron chi connectivity index (χ4n) is 1.81. The van der Waals surface area contributed by atoms with Crippen LogP contribution >= 0.6 is 11.6 Å². The second kappa shape index (κ2) is 5.87. The van der Waals surface area contributed by atoms with Crippen molar-refractivity contribution in [1.29, 1.82) is 0 Å². The largest absolute Gasteiger partial charge is 0.354 e. The minimum atomic E-state index is -0.0888. The first-order chi connectivity index (χ1) is 8.29. The second-order valence-electron chi connectivity index (χ2n) is 5.67. The van der Waals surface area contributed by atoms with Gasteiger partial charge in [-0.1, -0.05) is 39.3 Å². The zero-order valence-electron chi connectivity index (χ0n) is 12.3. The number of rotatable bonds is 4. The second-order valence-corrected chi connectivity index (χ2v) is 6.05. The van der Waals surface area contributed by atoms with E-state index in [1.165, 1.54) is 0 Å². The monoisotopic (exact) mass is 269 g/mol. The van der Waals surface area contributed by atoms with Gasteiger partial charge in [0.2, 0.25) is 0 Å². The molecule has 1 unspecified atom stereocenters. The van der Waals surface area contributed by atoms with Crippen LogP contribution in [0.25, 0.3) is 0 Å². The van der Waals surface area contributed by atoms with Crippen molar-refractivity contribution < 1.29 is 0 Å². The van der Waals surface area contributed by atoms with Crippen molar-refractivity contribution in [1.82, 2.24) is 9.97 Å². The molecule has 18 heavy (non-hydrogen) atoms. The zero-order valence-corrected chi connectivity index (χ0v) is 13.0. The third-order valence-electron chi connectivity index (χ3n) is 3.11. The number of hydrogen-bond acceptors (Lipinski definition) is 3. The van der Waals surface area contributed by atoms with E-state index in [2.05, 4.69) is 56.4 Å². The summed E-state index contributed by atoms with van der Waals surface area (Å²) in [6.45, 7) is 13.7. The standard InChI is InChI=1S/C14H24ClN3/c1-7-10(3)18(8-2)12-9-11(15)16-13(17-12)14(4,5)6/h9-10H,7-8H2,1-6H3. The lowest BCUT2D eigenvalue weighted by molar-refractivity contribution is 0.540. The van der Waals surface area contributed by atoms with Gasteiger partial charge in [-0.2, -0.15) is 0 Å². The molecular weight excluding hydrogens is 246 g/mol. The minimum Gasteiger partial charge on any atom is -0.354 e. The summed E-state index contributed by atoms with van der Waals surface area (Å²) >= 11 is 6.13. The molecule has 0 amide bonds. The van der Waals surface area contributed by atoms with Gasteiger partial charge < -0.3 is 4.90 Å². The molecule has 0 aliphatic carbocycles. The Morgan fingerprint density at radius 3 is 2.33 bits per heavy atom. The van der Waals surface area contributed by atoms with E-state index in [0.29, 0.717) is 11.2 Å². The fourth-order valence-corrected chi connectivity index (χ4v) is 1.99. The highest BCUT2D eigenvalue weighted by Gasteiger charge is 2.21. The van der Waals surface area contributed by atoms with Gasteiger partial charge in [0.1, 0.15) is 16.8 Å². The first-order valence-electron chi connectivity index (χ1n) is 6.61. The Hall–Kier alpha value is -0.830. The van der Waals surface area contributed by atoms with Gasteiger partial charge in [0.05, 0.1) is 0 Å².